The third kappa shape index (κ3) is 1.73. The van der Waals surface area contributed by atoms with Gasteiger partial charge in [0.1, 0.15) is 11.7 Å². The fourth-order valence-corrected chi connectivity index (χ4v) is 1.03. The van der Waals surface area contributed by atoms with E-state index in [4.69, 9.17) is 5.39 Å². The van der Waals surface area contributed by atoms with Crippen LogP contribution < -0.4 is 5.01 Å². The molecule has 1 aromatic carbocycles. The minimum Gasteiger partial charge on any atom is -0.0621 e. The molecule has 0 radical (unpaired) electrons. The van der Waals surface area contributed by atoms with Gasteiger partial charge in [0.2, 0.25) is 0 Å². The standard InChI is InChI=1S/C9H12N3/c1-8(2)12(11-10)9-6-4-3-5-7-9/h3-8H,1-2H3/q+1. The van der Waals surface area contributed by atoms with Gasteiger partial charge < -0.3 is 0 Å². The topological polar surface area (TPSA) is 31.4 Å². The second kappa shape index (κ2) is 3.72. The first-order valence-corrected chi connectivity index (χ1v) is 3.95. The Kier molecular flexibility index (Phi) is 2.65. The molecule has 0 unspecified atom stereocenters. The summed E-state index contributed by atoms with van der Waals surface area (Å²) in [5, 5.41) is 13.4. The quantitative estimate of drug-likeness (QED) is 0.494. The van der Waals surface area contributed by atoms with Crippen molar-refractivity contribution in [2.45, 2.75) is 19.9 Å². The third-order valence-electron chi connectivity index (χ3n) is 1.61. The van der Waals surface area contributed by atoms with Gasteiger partial charge in [-0.25, -0.2) is 0 Å². The number of anilines is 1. The highest BCUT2D eigenvalue weighted by molar-refractivity contribution is 5.47. The lowest BCUT2D eigenvalue weighted by atomic mass is 10.3. The van der Waals surface area contributed by atoms with E-state index < -0.39 is 0 Å². The van der Waals surface area contributed by atoms with Gasteiger partial charge in [-0.15, -0.1) is 0 Å². The highest BCUT2D eigenvalue weighted by atomic mass is 15.5. The molecule has 1 rings (SSSR count). The minimum absolute atomic E-state index is 0.164. The summed E-state index contributed by atoms with van der Waals surface area (Å²) in [5.41, 5.74) is 0.898. The van der Waals surface area contributed by atoms with Crippen LogP contribution >= 0.6 is 0 Å². The summed E-state index contributed by atoms with van der Waals surface area (Å²) in [4.78, 5) is 0. The van der Waals surface area contributed by atoms with Crippen LogP contribution in [0.5, 0.6) is 0 Å². The molecule has 0 bridgehead atoms. The van der Waals surface area contributed by atoms with Gasteiger partial charge in [-0.2, -0.15) is 0 Å². The highest BCUT2D eigenvalue weighted by Gasteiger charge is 2.19. The second-order valence-corrected chi connectivity index (χ2v) is 2.86. The number of benzene rings is 1. The summed E-state index contributed by atoms with van der Waals surface area (Å²) < 4.78 is 0. The van der Waals surface area contributed by atoms with Gasteiger partial charge in [0.25, 0.3) is 5.39 Å². The Morgan fingerprint density at radius 1 is 1.25 bits per heavy atom. The number of nitrogens with zero attached hydrogens (tertiary/aromatic N) is 3. The molecule has 62 valence electrons. The van der Waals surface area contributed by atoms with Gasteiger partial charge in [0, 0.05) is 5.01 Å². The number of rotatable bonds is 2. The van der Waals surface area contributed by atoms with Crippen molar-refractivity contribution >= 4 is 5.69 Å². The van der Waals surface area contributed by atoms with Crippen LogP contribution in [0.25, 0.3) is 5.08 Å². The second-order valence-electron chi connectivity index (χ2n) is 2.86. The van der Waals surface area contributed by atoms with E-state index in [0.717, 1.165) is 5.69 Å². The van der Waals surface area contributed by atoms with E-state index in [-0.39, 0.29) is 6.04 Å². The molecule has 0 saturated heterocycles. The fourth-order valence-electron chi connectivity index (χ4n) is 1.03. The first kappa shape index (κ1) is 8.54. The van der Waals surface area contributed by atoms with Gasteiger partial charge in [-0.05, 0) is 26.0 Å². The third-order valence-corrected chi connectivity index (χ3v) is 1.61. The van der Waals surface area contributed by atoms with Crippen molar-refractivity contribution in [2.24, 2.45) is 0 Å². The van der Waals surface area contributed by atoms with Crippen molar-refractivity contribution in [3.05, 3.63) is 35.4 Å². The van der Waals surface area contributed by atoms with E-state index in [0.29, 0.717) is 0 Å². The molecule has 0 heterocycles. The van der Waals surface area contributed by atoms with Crippen molar-refractivity contribution in [3.63, 3.8) is 0 Å². The zero-order valence-corrected chi connectivity index (χ0v) is 7.31. The highest BCUT2D eigenvalue weighted by Crippen LogP contribution is 2.15. The first-order chi connectivity index (χ1) is 5.75. The van der Waals surface area contributed by atoms with E-state index in [2.05, 4.69) is 5.08 Å². The molecular formula is C9H12N3+. The van der Waals surface area contributed by atoms with Crippen LogP contribution in [-0.4, -0.2) is 6.04 Å². The Balaban J connectivity index is 2.90. The van der Waals surface area contributed by atoms with Crippen LogP contribution in [0, 0.1) is 5.39 Å². The molecule has 0 spiro atoms. The lowest BCUT2D eigenvalue weighted by molar-refractivity contribution is 0.770. The Morgan fingerprint density at radius 2 is 1.83 bits per heavy atom. The Morgan fingerprint density at radius 3 is 2.25 bits per heavy atom. The molecule has 0 amide bonds. The molecule has 0 fully saturated rings. The Labute approximate surface area is 72.2 Å². The number of diazo groups is 1. The monoisotopic (exact) mass is 162 g/mol. The zero-order valence-electron chi connectivity index (χ0n) is 7.31. The molecule has 3 heteroatoms. The van der Waals surface area contributed by atoms with Crippen molar-refractivity contribution < 1.29 is 0 Å². The molecular weight excluding hydrogens is 150 g/mol. The van der Waals surface area contributed by atoms with Crippen LogP contribution in [0.2, 0.25) is 0 Å². The number of para-hydroxylation sites is 1. The Bertz CT molecular complexity index is 274. The van der Waals surface area contributed by atoms with Crippen LogP contribution in [0.15, 0.2) is 30.3 Å². The largest absolute Gasteiger partial charge is 0.311 e. The molecule has 0 N–H and O–H groups in total. The van der Waals surface area contributed by atoms with Crippen molar-refractivity contribution in [1.82, 2.24) is 0 Å². The lowest BCUT2D eigenvalue weighted by Crippen LogP contribution is -2.22. The zero-order chi connectivity index (χ0) is 8.97. The van der Waals surface area contributed by atoms with Gasteiger partial charge in [0.15, 0.2) is 0 Å². The predicted octanol–water partition coefficient (Wildman–Crippen LogP) is 2.67. The summed E-state index contributed by atoms with van der Waals surface area (Å²) in [6.07, 6.45) is 0. The SMILES string of the molecule is CC(C)N([N+]#N)c1ccccc1. The van der Waals surface area contributed by atoms with E-state index in [1.54, 1.807) is 5.01 Å². The van der Waals surface area contributed by atoms with E-state index in [1.807, 2.05) is 44.2 Å². The molecule has 0 saturated carbocycles. The maximum atomic E-state index is 8.70. The predicted molar refractivity (Wildman–Crippen MR) is 49.1 cm³/mol. The van der Waals surface area contributed by atoms with E-state index in [9.17, 15) is 0 Å². The van der Waals surface area contributed by atoms with Crippen molar-refractivity contribution in [3.8, 4) is 0 Å². The maximum Gasteiger partial charge on any atom is 0.311 e. The molecule has 0 aromatic heterocycles. The lowest BCUT2D eigenvalue weighted by Gasteiger charge is -2.06. The molecule has 1 aromatic rings. The first-order valence-electron chi connectivity index (χ1n) is 3.95. The van der Waals surface area contributed by atoms with Crippen LogP contribution in [-0.2, 0) is 0 Å². The van der Waals surface area contributed by atoms with Crippen molar-refractivity contribution in [1.29, 1.82) is 5.39 Å². The van der Waals surface area contributed by atoms with Crippen LogP contribution in [0.1, 0.15) is 13.8 Å². The fraction of sp³-hybridized carbons (Fsp3) is 0.333. The molecule has 0 atom stereocenters. The van der Waals surface area contributed by atoms with Crippen LogP contribution in [0.4, 0.5) is 5.69 Å². The molecule has 0 aliphatic rings. The number of hydrogen-bond acceptors (Lipinski definition) is 2. The average molecular weight is 162 g/mol. The summed E-state index contributed by atoms with van der Waals surface area (Å²) >= 11 is 0. The van der Waals surface area contributed by atoms with E-state index in [1.165, 1.54) is 0 Å². The minimum atomic E-state index is 0.164. The normalized spacial score (nSPS) is 9.50. The van der Waals surface area contributed by atoms with Gasteiger partial charge in [-0.3, -0.25) is 0 Å². The van der Waals surface area contributed by atoms with Gasteiger partial charge >= 0.3 is 5.08 Å². The van der Waals surface area contributed by atoms with Crippen LogP contribution in [0.3, 0.4) is 0 Å². The van der Waals surface area contributed by atoms with Gasteiger partial charge in [0.05, 0.1) is 0 Å². The average Bonchev–Trinajstić information content (AvgIpc) is 2.07. The van der Waals surface area contributed by atoms with Crippen molar-refractivity contribution in [2.75, 3.05) is 5.01 Å². The smallest absolute Gasteiger partial charge is 0.0621 e. The molecule has 3 nitrogen and oxygen atoms in total. The molecule has 0 aliphatic heterocycles. The maximum absolute atomic E-state index is 8.70. The summed E-state index contributed by atoms with van der Waals surface area (Å²) in [6, 6.07) is 9.72. The Hall–Kier alpha value is -1.56. The summed E-state index contributed by atoms with van der Waals surface area (Å²) in [5.74, 6) is 0. The molecule has 0 aliphatic carbocycles. The molecule has 12 heavy (non-hydrogen) atoms. The van der Waals surface area contributed by atoms with Gasteiger partial charge in [-0.1, -0.05) is 18.2 Å². The van der Waals surface area contributed by atoms with E-state index >= 15 is 0 Å². The summed E-state index contributed by atoms with van der Waals surface area (Å²) in [6.45, 7) is 3.93. The summed E-state index contributed by atoms with van der Waals surface area (Å²) in [7, 11) is 0. The number of hydrogen-bond donors (Lipinski definition) is 0.